The maximum Gasteiger partial charge on any atom is 0.410 e. The predicted molar refractivity (Wildman–Crippen MR) is 146 cm³/mol. The molecule has 0 saturated heterocycles. The molecule has 38 heavy (non-hydrogen) atoms. The molecule has 0 heterocycles. The van der Waals surface area contributed by atoms with E-state index in [2.05, 4.69) is 5.32 Å². The maximum atomic E-state index is 13.0. The van der Waals surface area contributed by atoms with Crippen LogP contribution in [0.5, 0.6) is 5.75 Å². The van der Waals surface area contributed by atoms with Crippen LogP contribution in [0.1, 0.15) is 37.5 Å². The average Bonchev–Trinajstić information content (AvgIpc) is 2.91. The number of benzene rings is 3. The molecule has 8 nitrogen and oxygen atoms in total. The number of ether oxygens (including phenoxy) is 3. The average molecular weight is 519 g/mol. The summed E-state index contributed by atoms with van der Waals surface area (Å²) in [6, 6.07) is 20.5. The number of anilines is 1. The molecule has 3 rings (SSSR count). The Kier molecular flexibility index (Phi) is 10.3. The highest BCUT2D eigenvalue weighted by Gasteiger charge is 2.19. The van der Waals surface area contributed by atoms with Gasteiger partial charge in [-0.2, -0.15) is 0 Å². The fourth-order valence-electron chi connectivity index (χ4n) is 4.04. The zero-order valence-electron chi connectivity index (χ0n) is 22.3. The van der Waals surface area contributed by atoms with Crippen LogP contribution in [0.4, 0.5) is 10.5 Å². The summed E-state index contributed by atoms with van der Waals surface area (Å²) >= 11 is 0. The molecule has 3 aromatic rings. The topological polar surface area (TPSA) is 94.2 Å². The summed E-state index contributed by atoms with van der Waals surface area (Å²) in [5.41, 5.74) is 4.61. The maximum absolute atomic E-state index is 13.0. The van der Waals surface area contributed by atoms with E-state index in [1.54, 1.807) is 31.1 Å². The first-order valence-electron chi connectivity index (χ1n) is 12.5. The molecule has 0 spiro atoms. The van der Waals surface area contributed by atoms with Gasteiger partial charge in [0, 0.05) is 31.3 Å². The van der Waals surface area contributed by atoms with Crippen LogP contribution in [-0.4, -0.2) is 43.1 Å². The fourth-order valence-corrected chi connectivity index (χ4v) is 4.04. The Morgan fingerprint density at radius 1 is 0.868 bits per heavy atom. The van der Waals surface area contributed by atoms with Crippen molar-refractivity contribution in [3.8, 4) is 16.9 Å². The van der Waals surface area contributed by atoms with Crippen molar-refractivity contribution in [3.05, 3.63) is 83.4 Å². The van der Waals surface area contributed by atoms with E-state index in [1.807, 2.05) is 61.5 Å². The van der Waals surface area contributed by atoms with Gasteiger partial charge >= 0.3 is 12.1 Å². The molecule has 0 aromatic heterocycles. The Bertz CT molecular complexity index is 1260. The number of nitrogens with one attached hydrogen (secondary N) is 1. The van der Waals surface area contributed by atoms with E-state index in [4.69, 9.17) is 14.2 Å². The predicted octanol–water partition coefficient (Wildman–Crippen LogP) is 5.58. The van der Waals surface area contributed by atoms with E-state index in [1.165, 1.54) is 6.92 Å². The number of hydrogen-bond donors (Lipinski definition) is 1. The third kappa shape index (κ3) is 7.83. The molecule has 0 saturated carbocycles. The molecule has 200 valence electrons. The molecule has 0 unspecified atom stereocenters. The van der Waals surface area contributed by atoms with Crippen LogP contribution in [0, 0.1) is 0 Å². The second-order valence-electron chi connectivity index (χ2n) is 8.62. The molecule has 2 amide bonds. The molecule has 0 atom stereocenters. The third-order valence-corrected chi connectivity index (χ3v) is 5.84. The van der Waals surface area contributed by atoms with Gasteiger partial charge in [0.05, 0.1) is 20.1 Å². The van der Waals surface area contributed by atoms with Gasteiger partial charge in [-0.25, -0.2) is 4.79 Å². The quantitative estimate of drug-likeness (QED) is 0.333. The van der Waals surface area contributed by atoms with Crippen molar-refractivity contribution >= 4 is 23.7 Å². The summed E-state index contributed by atoms with van der Waals surface area (Å²) in [5.74, 6) is 0.0938. The lowest BCUT2D eigenvalue weighted by molar-refractivity contribution is -0.142. The van der Waals surface area contributed by atoms with Crippen molar-refractivity contribution in [2.45, 2.75) is 40.3 Å². The molecule has 0 aliphatic rings. The van der Waals surface area contributed by atoms with Crippen molar-refractivity contribution < 1.29 is 28.6 Å². The Morgan fingerprint density at radius 2 is 1.63 bits per heavy atom. The molecular formula is C30H34N2O6. The smallest absolute Gasteiger partial charge is 0.410 e. The van der Waals surface area contributed by atoms with E-state index in [0.29, 0.717) is 24.6 Å². The summed E-state index contributed by atoms with van der Waals surface area (Å²) < 4.78 is 16.3. The van der Waals surface area contributed by atoms with Crippen LogP contribution in [0.25, 0.3) is 11.1 Å². The Labute approximate surface area is 223 Å². The zero-order chi connectivity index (χ0) is 27.5. The van der Waals surface area contributed by atoms with Crippen molar-refractivity contribution in [2.75, 3.05) is 25.6 Å². The molecule has 0 fully saturated rings. The van der Waals surface area contributed by atoms with E-state index in [0.717, 1.165) is 27.8 Å². The van der Waals surface area contributed by atoms with Crippen molar-refractivity contribution in [2.24, 2.45) is 0 Å². The summed E-state index contributed by atoms with van der Waals surface area (Å²) in [5, 5.41) is 2.81. The standard InChI is InChI=1S/C30H34N2O6/c1-5-32(30(35)38-20-22-10-8-7-9-11-22)19-24-18-25(31-21(3)33)13-14-26(24)27-16-23(12-15-28(27)36-4)17-29(34)37-6-2/h7-16,18H,5-6,17,19-20H2,1-4H3,(H,31,33). The Balaban J connectivity index is 1.95. The number of carbonyl (C=O) groups excluding carboxylic acids is 3. The highest BCUT2D eigenvalue weighted by molar-refractivity contribution is 5.89. The van der Waals surface area contributed by atoms with Gasteiger partial charge in [0.1, 0.15) is 12.4 Å². The molecule has 0 bridgehead atoms. The number of carbonyl (C=O) groups is 3. The lowest BCUT2D eigenvalue weighted by atomic mass is 9.95. The van der Waals surface area contributed by atoms with Crippen molar-refractivity contribution in [3.63, 3.8) is 0 Å². The van der Waals surface area contributed by atoms with Gasteiger partial charge in [-0.15, -0.1) is 0 Å². The lowest BCUT2D eigenvalue weighted by Gasteiger charge is -2.23. The third-order valence-electron chi connectivity index (χ3n) is 5.84. The van der Waals surface area contributed by atoms with E-state index >= 15 is 0 Å². The molecule has 8 heteroatoms. The first-order valence-corrected chi connectivity index (χ1v) is 12.5. The molecule has 0 aliphatic heterocycles. The molecular weight excluding hydrogens is 484 g/mol. The van der Waals surface area contributed by atoms with E-state index < -0.39 is 6.09 Å². The number of hydrogen-bond acceptors (Lipinski definition) is 6. The summed E-state index contributed by atoms with van der Waals surface area (Å²) in [6.07, 6.45) is -0.327. The van der Waals surface area contributed by atoms with Gasteiger partial charge in [-0.05, 0) is 60.4 Å². The number of rotatable bonds is 11. The highest BCUT2D eigenvalue weighted by Crippen LogP contribution is 2.35. The minimum atomic E-state index is -0.449. The summed E-state index contributed by atoms with van der Waals surface area (Å²) in [6.45, 7) is 6.21. The summed E-state index contributed by atoms with van der Waals surface area (Å²) in [7, 11) is 1.58. The Hall–Kier alpha value is -4.33. The van der Waals surface area contributed by atoms with E-state index in [-0.39, 0.29) is 31.4 Å². The minimum Gasteiger partial charge on any atom is -0.496 e. The van der Waals surface area contributed by atoms with E-state index in [9.17, 15) is 14.4 Å². The van der Waals surface area contributed by atoms with Crippen molar-refractivity contribution in [1.29, 1.82) is 0 Å². The lowest BCUT2D eigenvalue weighted by Crippen LogP contribution is -2.31. The number of methoxy groups -OCH3 is 1. The molecule has 0 radical (unpaired) electrons. The van der Waals surface area contributed by atoms with Gasteiger partial charge in [0.25, 0.3) is 0 Å². The van der Waals surface area contributed by atoms with Gasteiger partial charge in [0.2, 0.25) is 5.91 Å². The first kappa shape index (κ1) is 28.2. The van der Waals surface area contributed by atoms with Crippen LogP contribution in [0.2, 0.25) is 0 Å². The second-order valence-corrected chi connectivity index (χ2v) is 8.62. The fraction of sp³-hybridized carbons (Fsp3) is 0.300. The zero-order valence-corrected chi connectivity index (χ0v) is 22.3. The minimum absolute atomic E-state index is 0.122. The van der Waals surface area contributed by atoms with Gasteiger partial charge < -0.3 is 24.4 Å². The van der Waals surface area contributed by atoms with Crippen LogP contribution in [-0.2, 0) is 38.6 Å². The van der Waals surface area contributed by atoms with Crippen LogP contribution < -0.4 is 10.1 Å². The number of esters is 1. The van der Waals surface area contributed by atoms with Crippen LogP contribution >= 0.6 is 0 Å². The first-order chi connectivity index (χ1) is 18.3. The van der Waals surface area contributed by atoms with Crippen LogP contribution in [0.3, 0.4) is 0 Å². The Morgan fingerprint density at radius 3 is 2.29 bits per heavy atom. The van der Waals surface area contributed by atoms with Gasteiger partial charge in [0.15, 0.2) is 0 Å². The van der Waals surface area contributed by atoms with Gasteiger partial charge in [-0.3, -0.25) is 9.59 Å². The normalized spacial score (nSPS) is 10.4. The second kappa shape index (κ2) is 13.8. The van der Waals surface area contributed by atoms with Gasteiger partial charge in [-0.1, -0.05) is 42.5 Å². The molecule has 1 N–H and O–H groups in total. The number of amides is 2. The SMILES string of the molecule is CCOC(=O)Cc1ccc(OC)c(-c2ccc(NC(C)=O)cc2CN(CC)C(=O)OCc2ccccc2)c1. The number of nitrogens with zero attached hydrogens (tertiary/aromatic N) is 1. The summed E-state index contributed by atoms with van der Waals surface area (Å²) in [4.78, 5) is 38.4. The highest BCUT2D eigenvalue weighted by atomic mass is 16.6. The molecule has 0 aliphatic carbocycles. The monoisotopic (exact) mass is 518 g/mol. The molecule has 3 aromatic carbocycles. The largest absolute Gasteiger partial charge is 0.496 e. The van der Waals surface area contributed by atoms with Crippen LogP contribution in [0.15, 0.2) is 66.7 Å². The van der Waals surface area contributed by atoms with Crippen molar-refractivity contribution in [1.82, 2.24) is 4.90 Å².